The number of carboxylic acids is 1. The van der Waals surface area contributed by atoms with Crippen molar-refractivity contribution in [1.82, 2.24) is 0 Å². The van der Waals surface area contributed by atoms with E-state index in [4.69, 9.17) is 5.11 Å². The number of azo groups is 1. The highest BCUT2D eigenvalue weighted by atomic mass is 32.2. The second kappa shape index (κ2) is 8.52. The van der Waals surface area contributed by atoms with Crippen LogP contribution in [-0.2, 0) is 14.4 Å². The molecule has 0 aromatic heterocycles. The van der Waals surface area contributed by atoms with E-state index in [0.29, 0.717) is 0 Å². The predicted molar refractivity (Wildman–Crippen MR) is 95.0 cm³/mol. The number of carbonyl (C=O) groups is 3. The molecule has 2 N–H and O–H groups in total. The number of benzene rings is 1. The number of carboxylic acid groups (broad SMARTS) is 1. The standard InChI is InChI=1S/C16H18N4O4S/c1-9-3-4-10(2)12(7-9)17-13(21)8-25-16-18-15(24)11(19-20-16)5-6-14(22)23/h3-4,7,11H,5-6,8H2,1-2H3,(H,17,21)(H,22,23). The zero-order valence-electron chi connectivity index (χ0n) is 13.9. The molecule has 0 fully saturated rings. The largest absolute Gasteiger partial charge is 0.481 e. The first kappa shape index (κ1) is 18.8. The van der Waals surface area contributed by atoms with Gasteiger partial charge in [0.25, 0.3) is 5.91 Å². The van der Waals surface area contributed by atoms with Crippen molar-refractivity contribution in [1.29, 1.82) is 0 Å². The molecule has 2 amide bonds. The zero-order valence-corrected chi connectivity index (χ0v) is 14.7. The first-order valence-corrected chi connectivity index (χ1v) is 8.59. The van der Waals surface area contributed by atoms with Crippen LogP contribution in [0.15, 0.2) is 33.4 Å². The Labute approximate surface area is 148 Å². The van der Waals surface area contributed by atoms with E-state index in [1.165, 1.54) is 0 Å². The number of amides is 2. The fourth-order valence-corrected chi connectivity index (χ4v) is 2.64. The highest BCUT2D eigenvalue weighted by Crippen LogP contribution is 2.19. The third-order valence-electron chi connectivity index (χ3n) is 3.40. The summed E-state index contributed by atoms with van der Waals surface area (Å²) in [4.78, 5) is 38.1. The second-order valence-electron chi connectivity index (χ2n) is 5.55. The first-order valence-electron chi connectivity index (χ1n) is 7.60. The van der Waals surface area contributed by atoms with Gasteiger partial charge in [0.15, 0.2) is 6.04 Å². The Hall–Kier alpha value is -2.55. The topological polar surface area (TPSA) is 121 Å². The van der Waals surface area contributed by atoms with Gasteiger partial charge in [0.2, 0.25) is 11.1 Å². The Kier molecular flexibility index (Phi) is 6.40. The van der Waals surface area contributed by atoms with Gasteiger partial charge in [-0.05, 0) is 37.5 Å². The Balaban J connectivity index is 1.85. The lowest BCUT2D eigenvalue weighted by molar-refractivity contribution is -0.137. The molecule has 1 atom stereocenters. The van der Waals surface area contributed by atoms with Crippen LogP contribution in [0.1, 0.15) is 24.0 Å². The minimum absolute atomic E-state index is 0.0400. The van der Waals surface area contributed by atoms with Crippen molar-refractivity contribution in [3.63, 3.8) is 0 Å². The first-order chi connectivity index (χ1) is 11.8. The summed E-state index contributed by atoms with van der Waals surface area (Å²) in [7, 11) is 0. The number of amidine groups is 1. The summed E-state index contributed by atoms with van der Waals surface area (Å²) in [6.07, 6.45) is -0.113. The maximum absolute atomic E-state index is 12.0. The maximum Gasteiger partial charge on any atom is 0.303 e. The molecule has 0 radical (unpaired) electrons. The van der Waals surface area contributed by atoms with Crippen LogP contribution in [0.2, 0.25) is 0 Å². The summed E-state index contributed by atoms with van der Waals surface area (Å²) in [6, 6.07) is 4.91. The smallest absolute Gasteiger partial charge is 0.303 e. The van der Waals surface area contributed by atoms with Crippen LogP contribution in [0.25, 0.3) is 0 Å². The molecule has 0 spiro atoms. The fraction of sp³-hybridized carbons (Fsp3) is 0.375. The van der Waals surface area contributed by atoms with E-state index in [1.807, 2.05) is 32.0 Å². The van der Waals surface area contributed by atoms with Gasteiger partial charge in [0.05, 0.1) is 5.75 Å². The molecule has 1 aromatic carbocycles. The van der Waals surface area contributed by atoms with Crippen molar-refractivity contribution in [3.8, 4) is 0 Å². The lowest BCUT2D eigenvalue weighted by Crippen LogP contribution is -2.22. The van der Waals surface area contributed by atoms with E-state index in [-0.39, 0.29) is 29.7 Å². The van der Waals surface area contributed by atoms with E-state index in [1.54, 1.807) is 0 Å². The minimum Gasteiger partial charge on any atom is -0.481 e. The monoisotopic (exact) mass is 362 g/mol. The van der Waals surface area contributed by atoms with Crippen LogP contribution in [0, 0.1) is 13.8 Å². The predicted octanol–water partition coefficient (Wildman–Crippen LogP) is 2.56. The quantitative estimate of drug-likeness (QED) is 0.805. The van der Waals surface area contributed by atoms with Gasteiger partial charge in [-0.2, -0.15) is 10.1 Å². The molecule has 1 unspecified atom stereocenters. The van der Waals surface area contributed by atoms with Crippen molar-refractivity contribution in [2.24, 2.45) is 15.2 Å². The third kappa shape index (κ3) is 5.79. The van der Waals surface area contributed by atoms with E-state index in [2.05, 4.69) is 20.5 Å². The number of aryl methyl sites for hydroxylation is 2. The molecule has 1 heterocycles. The molecule has 2 rings (SSSR count). The number of rotatable bonds is 6. The van der Waals surface area contributed by atoms with Gasteiger partial charge in [0.1, 0.15) is 0 Å². The molecule has 0 saturated heterocycles. The SMILES string of the molecule is Cc1ccc(C)c(NC(=O)CSC2=NC(=O)C(CCC(=O)O)N=N2)c1. The number of thioether (sulfide) groups is 1. The lowest BCUT2D eigenvalue weighted by Gasteiger charge is -2.11. The highest BCUT2D eigenvalue weighted by molar-refractivity contribution is 8.14. The average Bonchev–Trinajstić information content (AvgIpc) is 2.55. The summed E-state index contributed by atoms with van der Waals surface area (Å²) in [5.41, 5.74) is 2.73. The highest BCUT2D eigenvalue weighted by Gasteiger charge is 2.23. The molecule has 9 heteroatoms. The third-order valence-corrected chi connectivity index (χ3v) is 4.24. The van der Waals surface area contributed by atoms with Crippen molar-refractivity contribution in [2.75, 3.05) is 11.1 Å². The fourth-order valence-electron chi connectivity index (χ4n) is 2.05. The van der Waals surface area contributed by atoms with Crippen LogP contribution >= 0.6 is 11.8 Å². The number of nitrogens with one attached hydrogen (secondary N) is 1. The molecule has 0 saturated carbocycles. The second-order valence-corrected chi connectivity index (χ2v) is 6.49. The van der Waals surface area contributed by atoms with Gasteiger partial charge >= 0.3 is 5.97 Å². The van der Waals surface area contributed by atoms with Gasteiger partial charge in [0, 0.05) is 12.1 Å². The van der Waals surface area contributed by atoms with Gasteiger partial charge in [-0.1, -0.05) is 23.9 Å². The van der Waals surface area contributed by atoms with Crippen LogP contribution in [0.5, 0.6) is 0 Å². The van der Waals surface area contributed by atoms with E-state index >= 15 is 0 Å². The summed E-state index contributed by atoms with van der Waals surface area (Å²) in [6.45, 7) is 3.84. The molecule has 0 aliphatic carbocycles. The summed E-state index contributed by atoms with van der Waals surface area (Å²) >= 11 is 1.01. The number of carbonyl (C=O) groups excluding carboxylic acids is 2. The normalized spacial score (nSPS) is 16.5. The zero-order chi connectivity index (χ0) is 18.4. The number of aliphatic carboxylic acids is 1. The minimum atomic E-state index is -1.00. The number of hydrogen-bond acceptors (Lipinski definition) is 6. The van der Waals surface area contributed by atoms with Crippen molar-refractivity contribution in [2.45, 2.75) is 32.7 Å². The molecule has 1 aromatic rings. The van der Waals surface area contributed by atoms with E-state index < -0.39 is 17.9 Å². The number of hydrogen-bond donors (Lipinski definition) is 2. The molecular formula is C16H18N4O4S. The molecule has 0 bridgehead atoms. The number of nitrogens with zero attached hydrogens (tertiary/aromatic N) is 3. The van der Waals surface area contributed by atoms with Gasteiger partial charge in [-0.25, -0.2) is 0 Å². The van der Waals surface area contributed by atoms with Crippen LogP contribution < -0.4 is 5.32 Å². The van der Waals surface area contributed by atoms with Gasteiger partial charge < -0.3 is 10.4 Å². The summed E-state index contributed by atoms with van der Waals surface area (Å²) in [5, 5.41) is 19.1. The molecular weight excluding hydrogens is 344 g/mol. The molecule has 1 aliphatic rings. The Morgan fingerprint density at radius 3 is 2.76 bits per heavy atom. The molecule has 1 aliphatic heterocycles. The van der Waals surface area contributed by atoms with E-state index in [0.717, 1.165) is 28.6 Å². The number of anilines is 1. The Bertz CT molecular complexity index is 761. The summed E-state index contributed by atoms with van der Waals surface area (Å²) in [5.74, 6) is -1.74. The van der Waals surface area contributed by atoms with E-state index in [9.17, 15) is 14.4 Å². The van der Waals surface area contributed by atoms with Gasteiger partial charge in [-0.3, -0.25) is 14.4 Å². The van der Waals surface area contributed by atoms with Crippen LogP contribution in [0.4, 0.5) is 5.69 Å². The number of aliphatic imine (C=N–C) groups is 1. The molecule has 132 valence electrons. The lowest BCUT2D eigenvalue weighted by atomic mass is 10.1. The van der Waals surface area contributed by atoms with Gasteiger partial charge in [-0.15, -0.1) is 5.11 Å². The molecule has 25 heavy (non-hydrogen) atoms. The Morgan fingerprint density at radius 1 is 1.32 bits per heavy atom. The van der Waals surface area contributed by atoms with Crippen molar-refractivity contribution >= 4 is 40.4 Å². The average molecular weight is 362 g/mol. The van der Waals surface area contributed by atoms with Crippen molar-refractivity contribution in [3.05, 3.63) is 29.3 Å². The van der Waals surface area contributed by atoms with Crippen LogP contribution in [0.3, 0.4) is 0 Å². The Morgan fingerprint density at radius 2 is 2.08 bits per heavy atom. The summed E-state index contributed by atoms with van der Waals surface area (Å²) < 4.78 is 0. The maximum atomic E-state index is 12.0. The van der Waals surface area contributed by atoms with Crippen molar-refractivity contribution < 1.29 is 19.5 Å². The van der Waals surface area contributed by atoms with Crippen LogP contribution in [-0.4, -0.2) is 39.9 Å². The molecule has 8 nitrogen and oxygen atoms in total.